The van der Waals surface area contributed by atoms with Gasteiger partial charge in [-0.2, -0.15) is 0 Å². The second-order valence-electron chi connectivity index (χ2n) is 5.30. The van der Waals surface area contributed by atoms with Crippen LogP contribution in [0.3, 0.4) is 0 Å². The number of hydrogen-bond acceptors (Lipinski definition) is 2. The molecule has 0 amide bonds. The van der Waals surface area contributed by atoms with Crippen LogP contribution >= 0.6 is 0 Å². The number of aryl methyl sites for hydroxylation is 3. The van der Waals surface area contributed by atoms with Crippen molar-refractivity contribution < 1.29 is 4.39 Å². The van der Waals surface area contributed by atoms with Gasteiger partial charge in [0.2, 0.25) is 0 Å². The second kappa shape index (κ2) is 6.16. The number of hydrazine groups is 1. The molecule has 0 aromatic heterocycles. The van der Waals surface area contributed by atoms with Crippen molar-refractivity contribution in [2.45, 2.75) is 33.2 Å². The van der Waals surface area contributed by atoms with Crippen molar-refractivity contribution in [3.63, 3.8) is 0 Å². The lowest BCUT2D eigenvalue weighted by atomic mass is 9.91. The van der Waals surface area contributed by atoms with Crippen molar-refractivity contribution in [3.8, 4) is 0 Å². The molecule has 2 nitrogen and oxygen atoms in total. The minimum atomic E-state index is -0.206. The van der Waals surface area contributed by atoms with Crippen molar-refractivity contribution in [2.24, 2.45) is 5.84 Å². The zero-order valence-electron chi connectivity index (χ0n) is 12.2. The van der Waals surface area contributed by atoms with Crippen LogP contribution in [0, 0.1) is 26.6 Å². The third-order valence-corrected chi connectivity index (χ3v) is 3.83. The first-order valence-corrected chi connectivity index (χ1v) is 6.80. The summed E-state index contributed by atoms with van der Waals surface area (Å²) in [4.78, 5) is 0. The lowest BCUT2D eigenvalue weighted by Gasteiger charge is -2.22. The fraction of sp³-hybridized carbons (Fsp3) is 0.294. The molecule has 2 rings (SSSR count). The topological polar surface area (TPSA) is 38.0 Å². The Kier molecular flexibility index (Phi) is 4.53. The first kappa shape index (κ1) is 14.7. The third kappa shape index (κ3) is 3.06. The molecule has 0 saturated heterocycles. The van der Waals surface area contributed by atoms with Gasteiger partial charge in [-0.05, 0) is 67.1 Å². The Morgan fingerprint density at radius 3 is 2.30 bits per heavy atom. The van der Waals surface area contributed by atoms with Crippen LogP contribution in [0.2, 0.25) is 0 Å². The largest absolute Gasteiger partial charge is 0.271 e. The van der Waals surface area contributed by atoms with Gasteiger partial charge in [-0.15, -0.1) is 0 Å². The number of halogens is 1. The van der Waals surface area contributed by atoms with Crippen molar-refractivity contribution in [1.29, 1.82) is 0 Å². The summed E-state index contributed by atoms with van der Waals surface area (Å²) >= 11 is 0. The summed E-state index contributed by atoms with van der Waals surface area (Å²) in [6.45, 7) is 6.14. The molecule has 3 heteroatoms. The minimum Gasteiger partial charge on any atom is -0.271 e. The van der Waals surface area contributed by atoms with E-state index in [0.717, 1.165) is 11.1 Å². The molecular weight excluding hydrogens is 251 g/mol. The molecule has 2 aromatic carbocycles. The van der Waals surface area contributed by atoms with Gasteiger partial charge in [0, 0.05) is 0 Å². The number of hydrogen-bond donors (Lipinski definition) is 2. The van der Waals surface area contributed by atoms with Gasteiger partial charge in [0.25, 0.3) is 0 Å². The normalized spacial score (nSPS) is 12.4. The summed E-state index contributed by atoms with van der Waals surface area (Å²) in [5.74, 6) is 5.53. The van der Waals surface area contributed by atoms with Crippen LogP contribution in [0.15, 0.2) is 36.4 Å². The fourth-order valence-electron chi connectivity index (χ4n) is 2.70. The Labute approximate surface area is 119 Å². The highest BCUT2D eigenvalue weighted by atomic mass is 19.1. The van der Waals surface area contributed by atoms with Gasteiger partial charge in [-0.25, -0.2) is 4.39 Å². The average molecular weight is 272 g/mol. The van der Waals surface area contributed by atoms with Crippen LogP contribution in [0.25, 0.3) is 0 Å². The summed E-state index contributed by atoms with van der Waals surface area (Å²) in [7, 11) is 0. The van der Waals surface area contributed by atoms with E-state index in [1.165, 1.54) is 22.8 Å². The van der Waals surface area contributed by atoms with Crippen LogP contribution in [0.5, 0.6) is 0 Å². The van der Waals surface area contributed by atoms with Gasteiger partial charge in [0.15, 0.2) is 0 Å². The molecule has 0 saturated carbocycles. The third-order valence-electron chi connectivity index (χ3n) is 3.83. The molecule has 106 valence electrons. The number of rotatable bonds is 4. The van der Waals surface area contributed by atoms with Gasteiger partial charge >= 0.3 is 0 Å². The molecule has 0 bridgehead atoms. The highest BCUT2D eigenvalue weighted by Crippen LogP contribution is 2.26. The second-order valence-corrected chi connectivity index (χ2v) is 5.30. The molecule has 3 N–H and O–H groups in total. The van der Waals surface area contributed by atoms with E-state index in [2.05, 4.69) is 31.4 Å². The van der Waals surface area contributed by atoms with Crippen LogP contribution in [0.4, 0.5) is 4.39 Å². The van der Waals surface area contributed by atoms with Crippen LogP contribution in [-0.2, 0) is 6.42 Å². The molecule has 0 aliphatic rings. The van der Waals surface area contributed by atoms with E-state index in [0.29, 0.717) is 6.42 Å². The Hall–Kier alpha value is -1.71. The minimum absolute atomic E-state index is 0.0169. The molecule has 20 heavy (non-hydrogen) atoms. The van der Waals surface area contributed by atoms with E-state index < -0.39 is 0 Å². The lowest BCUT2D eigenvalue weighted by Crippen LogP contribution is -2.31. The first-order valence-electron chi connectivity index (χ1n) is 6.80. The van der Waals surface area contributed by atoms with Gasteiger partial charge in [0.05, 0.1) is 6.04 Å². The first-order chi connectivity index (χ1) is 9.52. The lowest BCUT2D eigenvalue weighted by molar-refractivity contribution is 0.542. The molecule has 0 radical (unpaired) electrons. The average Bonchev–Trinajstić information content (AvgIpc) is 2.41. The van der Waals surface area contributed by atoms with E-state index in [-0.39, 0.29) is 11.9 Å². The van der Waals surface area contributed by atoms with E-state index in [1.54, 1.807) is 6.07 Å². The Morgan fingerprint density at radius 1 is 1.05 bits per heavy atom. The summed E-state index contributed by atoms with van der Waals surface area (Å²) in [5, 5.41) is 0. The molecule has 0 fully saturated rings. The monoisotopic (exact) mass is 272 g/mol. The maximum atomic E-state index is 13.4. The van der Waals surface area contributed by atoms with Gasteiger partial charge in [-0.3, -0.25) is 11.3 Å². The standard InChI is InChI=1S/C17H21FN2/c1-11-7-8-15(18)9-14(11)10-16(20-19)17-12(2)5-4-6-13(17)3/h4-9,16,20H,10,19H2,1-3H3. The van der Waals surface area contributed by atoms with Crippen molar-refractivity contribution >= 4 is 0 Å². The molecule has 0 heterocycles. The van der Waals surface area contributed by atoms with E-state index in [4.69, 9.17) is 5.84 Å². The smallest absolute Gasteiger partial charge is 0.123 e. The predicted molar refractivity (Wildman–Crippen MR) is 80.8 cm³/mol. The maximum absolute atomic E-state index is 13.4. The van der Waals surface area contributed by atoms with Gasteiger partial charge in [0.1, 0.15) is 5.82 Å². The van der Waals surface area contributed by atoms with Crippen molar-refractivity contribution in [2.75, 3.05) is 0 Å². The van der Waals surface area contributed by atoms with Crippen LogP contribution in [-0.4, -0.2) is 0 Å². The van der Waals surface area contributed by atoms with E-state index in [1.807, 2.05) is 19.1 Å². The molecule has 1 atom stereocenters. The SMILES string of the molecule is Cc1ccc(F)cc1CC(NN)c1c(C)cccc1C. The van der Waals surface area contributed by atoms with E-state index >= 15 is 0 Å². The van der Waals surface area contributed by atoms with E-state index in [9.17, 15) is 4.39 Å². The highest BCUT2D eigenvalue weighted by molar-refractivity contribution is 5.38. The summed E-state index contributed by atoms with van der Waals surface area (Å²) in [5.41, 5.74) is 8.52. The van der Waals surface area contributed by atoms with Crippen LogP contribution in [0.1, 0.15) is 33.9 Å². The molecule has 1 unspecified atom stereocenters. The maximum Gasteiger partial charge on any atom is 0.123 e. The number of nitrogens with two attached hydrogens (primary N) is 1. The number of nitrogens with one attached hydrogen (secondary N) is 1. The molecule has 0 aliphatic heterocycles. The molecule has 0 aliphatic carbocycles. The van der Waals surface area contributed by atoms with Crippen LogP contribution < -0.4 is 11.3 Å². The summed E-state index contributed by atoms with van der Waals surface area (Å²) in [6.07, 6.45) is 0.672. The number of benzene rings is 2. The van der Waals surface area contributed by atoms with Crippen molar-refractivity contribution in [3.05, 3.63) is 70.0 Å². The summed E-state index contributed by atoms with van der Waals surface area (Å²) < 4.78 is 13.4. The quantitative estimate of drug-likeness (QED) is 0.660. The van der Waals surface area contributed by atoms with Gasteiger partial charge < -0.3 is 0 Å². The van der Waals surface area contributed by atoms with Crippen molar-refractivity contribution in [1.82, 2.24) is 5.43 Å². The molecule has 0 spiro atoms. The summed E-state index contributed by atoms with van der Waals surface area (Å²) in [6, 6.07) is 11.1. The Bertz CT molecular complexity index is 588. The Morgan fingerprint density at radius 2 is 1.70 bits per heavy atom. The zero-order valence-corrected chi connectivity index (χ0v) is 12.2. The highest BCUT2D eigenvalue weighted by Gasteiger charge is 2.16. The zero-order chi connectivity index (χ0) is 14.7. The molecular formula is C17H21FN2. The molecule has 2 aromatic rings. The Balaban J connectivity index is 2.36. The predicted octanol–water partition coefficient (Wildman–Crippen LogP) is 3.50. The fourth-order valence-corrected chi connectivity index (χ4v) is 2.70. The van der Waals surface area contributed by atoms with Gasteiger partial charge in [-0.1, -0.05) is 24.3 Å².